The molecule has 34 heavy (non-hydrogen) atoms. The Hall–Kier alpha value is -4.37. The summed E-state index contributed by atoms with van der Waals surface area (Å²) in [4.78, 5) is 70.6. The zero-order chi connectivity index (χ0) is 25.3. The number of carbonyl (C=O) groups excluding carboxylic acids is 1. The lowest BCUT2D eigenvalue weighted by atomic mass is 10.0. The number of benzene rings is 2. The lowest BCUT2D eigenvalue weighted by molar-refractivity contribution is -0.344. The van der Waals surface area contributed by atoms with Gasteiger partial charge in [0.1, 0.15) is 6.61 Å². The Labute approximate surface area is 190 Å². The molecule has 0 heterocycles. The van der Waals surface area contributed by atoms with E-state index in [1.807, 2.05) is 0 Å². The molecule has 0 aliphatic carbocycles. The summed E-state index contributed by atoms with van der Waals surface area (Å²) in [5.41, 5.74) is 3.05. The van der Waals surface area contributed by atoms with Gasteiger partial charge < -0.3 is 25.3 Å². The van der Waals surface area contributed by atoms with Gasteiger partial charge in [-0.25, -0.2) is 28.9 Å². The van der Waals surface area contributed by atoms with Gasteiger partial charge in [-0.1, -0.05) is 6.07 Å². The van der Waals surface area contributed by atoms with Crippen molar-refractivity contribution in [2.24, 2.45) is 0 Å². The van der Waals surface area contributed by atoms with Gasteiger partial charge in [-0.05, 0) is 35.9 Å². The van der Waals surface area contributed by atoms with E-state index in [1.165, 1.54) is 12.1 Å². The first kappa shape index (κ1) is 25.9. The summed E-state index contributed by atoms with van der Waals surface area (Å²) in [7, 11) is 0. The molecule has 14 heteroatoms. The highest BCUT2D eigenvalue weighted by atomic mass is 17.3. The number of nitrogens with one attached hydrogen (secondary N) is 2. The number of hydrogen-bond acceptors (Lipinski definition) is 10. The Morgan fingerprint density at radius 3 is 1.82 bits per heavy atom. The molecule has 0 aliphatic heterocycles. The van der Waals surface area contributed by atoms with E-state index in [-0.39, 0.29) is 47.5 Å². The lowest BCUT2D eigenvalue weighted by Gasteiger charge is -2.10. The molecule has 2 rings (SSSR count). The SMILES string of the molecule is O=C(O)c1ccc(COONCCNOC(=O)c2ccc(C(=O)O)cc2C(=O)O)c(C(=O)O)c1. The molecular formula is C20H18N2O12. The predicted octanol–water partition coefficient (Wildman–Crippen LogP) is 0.794. The maximum absolute atomic E-state index is 12.0. The Bertz CT molecular complexity index is 1110. The fourth-order valence-corrected chi connectivity index (χ4v) is 2.52. The van der Waals surface area contributed by atoms with Crippen molar-refractivity contribution in [3.63, 3.8) is 0 Å². The van der Waals surface area contributed by atoms with Gasteiger partial charge in [-0.3, -0.25) is 0 Å². The van der Waals surface area contributed by atoms with Gasteiger partial charge in [0.25, 0.3) is 0 Å². The van der Waals surface area contributed by atoms with Crippen LogP contribution in [0.1, 0.15) is 57.4 Å². The Morgan fingerprint density at radius 2 is 1.24 bits per heavy atom. The van der Waals surface area contributed by atoms with Crippen LogP contribution in [-0.2, 0) is 21.3 Å². The fraction of sp³-hybridized carbons (Fsp3) is 0.150. The molecular weight excluding hydrogens is 460 g/mol. The van der Waals surface area contributed by atoms with Crippen molar-refractivity contribution in [1.29, 1.82) is 0 Å². The minimum atomic E-state index is -1.51. The molecule has 2 aromatic carbocycles. The number of carbonyl (C=O) groups is 5. The van der Waals surface area contributed by atoms with E-state index < -0.39 is 35.4 Å². The van der Waals surface area contributed by atoms with Crippen LogP contribution in [0.15, 0.2) is 36.4 Å². The monoisotopic (exact) mass is 478 g/mol. The first-order chi connectivity index (χ1) is 16.1. The van der Waals surface area contributed by atoms with E-state index in [0.717, 1.165) is 24.3 Å². The normalized spacial score (nSPS) is 10.5. The highest BCUT2D eigenvalue weighted by molar-refractivity contribution is 6.04. The second kappa shape index (κ2) is 12.0. The second-order valence-corrected chi connectivity index (χ2v) is 6.38. The first-order valence-electron chi connectivity index (χ1n) is 9.27. The van der Waals surface area contributed by atoms with Gasteiger partial charge in [0.15, 0.2) is 0 Å². The number of aromatic carboxylic acids is 4. The molecule has 0 bridgehead atoms. The van der Waals surface area contributed by atoms with E-state index in [1.54, 1.807) is 0 Å². The summed E-state index contributed by atoms with van der Waals surface area (Å²) in [5.74, 6) is -6.55. The van der Waals surface area contributed by atoms with Crippen LogP contribution in [0.5, 0.6) is 0 Å². The molecule has 0 aliphatic rings. The highest BCUT2D eigenvalue weighted by Gasteiger charge is 2.20. The van der Waals surface area contributed by atoms with Crippen molar-refractivity contribution in [3.8, 4) is 0 Å². The Morgan fingerprint density at radius 1 is 0.676 bits per heavy atom. The van der Waals surface area contributed by atoms with Crippen molar-refractivity contribution in [2.45, 2.75) is 6.61 Å². The van der Waals surface area contributed by atoms with Gasteiger partial charge in [0, 0.05) is 13.1 Å². The minimum absolute atomic E-state index is 0.0146. The average molecular weight is 478 g/mol. The second-order valence-electron chi connectivity index (χ2n) is 6.38. The standard InChI is InChI=1S/C20H18N2O12/c23-16(24)10-1-2-12(14(7-10)18(27)28)9-32-34-22-6-5-21-33-20(31)13-4-3-11(17(25)26)8-15(13)19(29)30/h1-4,7-8,21-22H,5-6,9H2,(H,23,24)(H,25,26)(H,27,28)(H,29,30). The van der Waals surface area contributed by atoms with Crippen molar-refractivity contribution in [1.82, 2.24) is 11.0 Å². The van der Waals surface area contributed by atoms with Gasteiger partial charge in [0.2, 0.25) is 0 Å². The largest absolute Gasteiger partial charge is 0.478 e. The summed E-state index contributed by atoms with van der Waals surface area (Å²) in [6.45, 7) is -0.333. The van der Waals surface area contributed by atoms with Gasteiger partial charge >= 0.3 is 29.8 Å². The maximum Gasteiger partial charge on any atom is 0.357 e. The average Bonchev–Trinajstić information content (AvgIpc) is 2.79. The zero-order valence-corrected chi connectivity index (χ0v) is 17.1. The Balaban J connectivity index is 1.75. The van der Waals surface area contributed by atoms with Crippen molar-refractivity contribution >= 4 is 29.8 Å². The predicted molar refractivity (Wildman–Crippen MR) is 108 cm³/mol. The molecule has 180 valence electrons. The molecule has 0 fully saturated rings. The molecule has 0 saturated carbocycles. The van der Waals surface area contributed by atoms with Crippen molar-refractivity contribution in [3.05, 3.63) is 69.8 Å². The summed E-state index contributed by atoms with van der Waals surface area (Å²) >= 11 is 0. The molecule has 0 atom stereocenters. The summed E-state index contributed by atoms with van der Waals surface area (Å²) in [5, 5.41) is 36.2. The quantitative estimate of drug-likeness (QED) is 0.133. The van der Waals surface area contributed by atoms with E-state index in [2.05, 4.69) is 15.9 Å². The van der Waals surface area contributed by atoms with Crippen LogP contribution in [0.4, 0.5) is 0 Å². The van der Waals surface area contributed by atoms with Crippen LogP contribution < -0.4 is 11.0 Å². The van der Waals surface area contributed by atoms with Crippen LogP contribution in [0, 0.1) is 0 Å². The number of carboxylic acid groups (broad SMARTS) is 4. The summed E-state index contributed by atoms with van der Waals surface area (Å²) < 4.78 is 0. The van der Waals surface area contributed by atoms with E-state index >= 15 is 0 Å². The fourth-order valence-electron chi connectivity index (χ4n) is 2.52. The van der Waals surface area contributed by atoms with Crippen molar-refractivity contribution in [2.75, 3.05) is 13.1 Å². The van der Waals surface area contributed by atoms with Gasteiger partial charge in [-0.2, -0.15) is 11.0 Å². The third-order valence-corrected chi connectivity index (χ3v) is 4.13. The zero-order valence-electron chi connectivity index (χ0n) is 17.1. The molecule has 0 aromatic heterocycles. The third kappa shape index (κ3) is 7.07. The van der Waals surface area contributed by atoms with E-state index in [4.69, 9.17) is 25.0 Å². The smallest absolute Gasteiger partial charge is 0.357 e. The number of hydrogen-bond donors (Lipinski definition) is 6. The summed E-state index contributed by atoms with van der Waals surface area (Å²) in [6.07, 6.45) is 0. The van der Waals surface area contributed by atoms with Gasteiger partial charge in [0.05, 0.1) is 27.8 Å². The van der Waals surface area contributed by atoms with E-state index in [0.29, 0.717) is 0 Å². The molecule has 0 saturated heterocycles. The molecule has 0 spiro atoms. The molecule has 6 N–H and O–H groups in total. The maximum atomic E-state index is 12.0. The van der Waals surface area contributed by atoms with Crippen molar-refractivity contribution < 1.29 is 59.1 Å². The van der Waals surface area contributed by atoms with Crippen LogP contribution in [0.25, 0.3) is 0 Å². The summed E-state index contributed by atoms with van der Waals surface area (Å²) in [6, 6.07) is 6.37. The number of hydroxylamine groups is 2. The number of carboxylic acids is 4. The molecule has 0 unspecified atom stereocenters. The topological polar surface area (TPSA) is 218 Å². The highest BCUT2D eigenvalue weighted by Crippen LogP contribution is 2.15. The molecule has 2 aromatic rings. The first-order valence-corrected chi connectivity index (χ1v) is 9.27. The van der Waals surface area contributed by atoms with Gasteiger partial charge in [-0.15, -0.1) is 4.99 Å². The van der Waals surface area contributed by atoms with Crippen LogP contribution in [-0.4, -0.2) is 63.4 Å². The van der Waals surface area contributed by atoms with Crippen LogP contribution in [0.3, 0.4) is 0 Å². The molecule has 14 nitrogen and oxygen atoms in total. The van der Waals surface area contributed by atoms with Crippen LogP contribution >= 0.6 is 0 Å². The Kier molecular flexibility index (Phi) is 9.16. The number of rotatable bonds is 13. The third-order valence-electron chi connectivity index (χ3n) is 4.13. The molecule has 0 amide bonds. The van der Waals surface area contributed by atoms with Crippen LogP contribution in [0.2, 0.25) is 0 Å². The lowest BCUT2D eigenvalue weighted by Crippen LogP contribution is -2.30. The minimum Gasteiger partial charge on any atom is -0.478 e. The van der Waals surface area contributed by atoms with E-state index in [9.17, 15) is 29.1 Å². The molecule has 0 radical (unpaired) electrons.